The summed E-state index contributed by atoms with van der Waals surface area (Å²) in [6.45, 7) is 4.79. The second-order valence-electron chi connectivity index (χ2n) is 4.05. The van der Waals surface area contributed by atoms with E-state index in [1.54, 1.807) is 0 Å². The lowest BCUT2D eigenvalue weighted by Crippen LogP contribution is -2.38. The minimum atomic E-state index is -1.10. The molecule has 1 aliphatic rings. The van der Waals surface area contributed by atoms with Gasteiger partial charge in [0, 0.05) is 6.61 Å². The van der Waals surface area contributed by atoms with Crippen LogP contribution in [-0.4, -0.2) is 15.6 Å². The molecule has 0 radical (unpaired) electrons. The Kier molecular flexibility index (Phi) is 3.75. The van der Waals surface area contributed by atoms with E-state index in [9.17, 15) is 0 Å². The Morgan fingerprint density at radius 2 is 2.20 bits per heavy atom. The molecule has 0 amide bonds. The maximum absolute atomic E-state index is 5.96. The zero-order valence-electron chi connectivity index (χ0n) is 9.11. The van der Waals surface area contributed by atoms with Crippen molar-refractivity contribution in [2.75, 3.05) is 6.61 Å². The Morgan fingerprint density at radius 3 is 2.93 bits per heavy atom. The summed E-state index contributed by atoms with van der Waals surface area (Å²) in [5, 5.41) is 1.50. The smallest absolute Gasteiger partial charge is 0.208 e. The highest BCUT2D eigenvalue weighted by atomic mass is 28.3. The van der Waals surface area contributed by atoms with Crippen LogP contribution >= 0.6 is 0 Å². The van der Waals surface area contributed by atoms with Gasteiger partial charge in [-0.1, -0.05) is 36.8 Å². The summed E-state index contributed by atoms with van der Waals surface area (Å²) in [7, 11) is -1.10. The van der Waals surface area contributed by atoms with Gasteiger partial charge in [-0.15, -0.1) is 6.58 Å². The molecule has 0 N–H and O–H groups in total. The van der Waals surface area contributed by atoms with Crippen LogP contribution in [-0.2, 0) is 10.8 Å². The highest BCUT2D eigenvalue weighted by Gasteiger charge is 2.20. The molecule has 2 heteroatoms. The van der Waals surface area contributed by atoms with E-state index in [1.165, 1.54) is 29.6 Å². The first-order valence-electron chi connectivity index (χ1n) is 5.72. The maximum Gasteiger partial charge on any atom is 0.208 e. The lowest BCUT2D eigenvalue weighted by molar-refractivity contribution is 0.294. The summed E-state index contributed by atoms with van der Waals surface area (Å²) < 4.78 is 5.96. The average Bonchev–Trinajstić information content (AvgIpc) is 2.31. The van der Waals surface area contributed by atoms with E-state index >= 15 is 0 Å². The van der Waals surface area contributed by atoms with Crippen LogP contribution in [0.2, 0.25) is 6.04 Å². The summed E-state index contributed by atoms with van der Waals surface area (Å²) in [6.07, 6.45) is 5.55. The molecular weight excluding hydrogens is 200 g/mol. The first kappa shape index (κ1) is 10.6. The molecule has 0 spiro atoms. The normalized spacial score (nSPS) is 21.2. The van der Waals surface area contributed by atoms with Crippen LogP contribution in [0.15, 0.2) is 36.9 Å². The van der Waals surface area contributed by atoms with Crippen molar-refractivity contribution in [1.82, 2.24) is 0 Å². The molecular formula is C13H18OSi. The summed E-state index contributed by atoms with van der Waals surface area (Å²) in [5.41, 5.74) is 1.42. The minimum Gasteiger partial charge on any atom is -0.415 e. The second kappa shape index (κ2) is 5.28. The maximum atomic E-state index is 5.96. The summed E-state index contributed by atoms with van der Waals surface area (Å²) in [6, 6.07) is 10.0. The lowest BCUT2D eigenvalue weighted by atomic mass is 10.1. The molecule has 1 unspecified atom stereocenters. The van der Waals surface area contributed by atoms with Crippen molar-refractivity contribution in [3.05, 3.63) is 42.5 Å². The molecule has 1 nitrogen and oxygen atoms in total. The fraction of sp³-hybridized carbons (Fsp3) is 0.385. The summed E-state index contributed by atoms with van der Waals surface area (Å²) >= 11 is 0. The van der Waals surface area contributed by atoms with Gasteiger partial charge in [-0.3, -0.25) is 0 Å². The number of allylic oxidation sites excluding steroid dienone is 1. The van der Waals surface area contributed by atoms with Crippen LogP contribution in [0.1, 0.15) is 18.4 Å². The SMILES string of the molecule is C=CCc1ccccc1[SiH]1CCCCO1. The standard InChI is InChI=1S/C13H18OSi/c1-2-7-12-8-3-4-9-13(12)15-11-6-5-10-14-15/h2-4,8-9,15H,1,5-7,10-11H2. The molecule has 1 saturated heterocycles. The van der Waals surface area contributed by atoms with Crippen molar-refractivity contribution in [3.63, 3.8) is 0 Å². The summed E-state index contributed by atoms with van der Waals surface area (Å²) in [5.74, 6) is 0. The van der Waals surface area contributed by atoms with E-state index in [0.29, 0.717) is 0 Å². The van der Waals surface area contributed by atoms with E-state index in [0.717, 1.165) is 13.0 Å². The van der Waals surface area contributed by atoms with Crippen LogP contribution in [0.25, 0.3) is 0 Å². The van der Waals surface area contributed by atoms with Crippen LogP contribution in [0, 0.1) is 0 Å². The van der Waals surface area contributed by atoms with Crippen molar-refractivity contribution >= 4 is 14.2 Å². The predicted octanol–water partition coefficient (Wildman–Crippen LogP) is 2.16. The first-order chi connectivity index (χ1) is 7.42. The molecule has 2 rings (SSSR count). The topological polar surface area (TPSA) is 9.23 Å². The molecule has 1 aliphatic heterocycles. The Balaban J connectivity index is 2.20. The molecule has 15 heavy (non-hydrogen) atoms. The van der Waals surface area contributed by atoms with Gasteiger partial charge in [-0.25, -0.2) is 0 Å². The Labute approximate surface area is 93.5 Å². The zero-order valence-corrected chi connectivity index (χ0v) is 10.3. The van der Waals surface area contributed by atoms with E-state index in [1.807, 2.05) is 6.08 Å². The van der Waals surface area contributed by atoms with Crippen LogP contribution in [0.4, 0.5) is 0 Å². The fourth-order valence-corrected chi connectivity index (χ4v) is 4.90. The van der Waals surface area contributed by atoms with Crippen molar-refractivity contribution in [3.8, 4) is 0 Å². The second-order valence-corrected chi connectivity index (χ2v) is 6.56. The third-order valence-electron chi connectivity index (χ3n) is 2.95. The molecule has 0 aliphatic carbocycles. The Bertz CT molecular complexity index is 329. The van der Waals surface area contributed by atoms with E-state index in [2.05, 4.69) is 30.8 Å². The predicted molar refractivity (Wildman–Crippen MR) is 67.1 cm³/mol. The van der Waals surface area contributed by atoms with Crippen molar-refractivity contribution in [2.24, 2.45) is 0 Å². The van der Waals surface area contributed by atoms with Crippen LogP contribution in [0.3, 0.4) is 0 Å². The first-order valence-corrected chi connectivity index (χ1v) is 7.58. The van der Waals surface area contributed by atoms with Gasteiger partial charge in [0.1, 0.15) is 0 Å². The van der Waals surface area contributed by atoms with E-state index in [4.69, 9.17) is 4.43 Å². The molecule has 1 fully saturated rings. The fourth-order valence-electron chi connectivity index (χ4n) is 2.18. The van der Waals surface area contributed by atoms with Gasteiger partial charge in [-0.2, -0.15) is 0 Å². The number of rotatable bonds is 3. The van der Waals surface area contributed by atoms with Gasteiger partial charge in [0.05, 0.1) is 0 Å². The number of benzene rings is 1. The zero-order chi connectivity index (χ0) is 10.5. The molecule has 0 saturated carbocycles. The summed E-state index contributed by atoms with van der Waals surface area (Å²) in [4.78, 5) is 0. The quantitative estimate of drug-likeness (QED) is 0.558. The van der Waals surface area contributed by atoms with Gasteiger partial charge < -0.3 is 4.43 Å². The van der Waals surface area contributed by atoms with Crippen molar-refractivity contribution in [2.45, 2.75) is 25.3 Å². The van der Waals surface area contributed by atoms with Gasteiger partial charge in [-0.05, 0) is 29.6 Å². The molecule has 1 aromatic rings. The van der Waals surface area contributed by atoms with Crippen LogP contribution < -0.4 is 5.19 Å². The Morgan fingerprint density at radius 1 is 1.33 bits per heavy atom. The third-order valence-corrected chi connectivity index (χ3v) is 5.77. The lowest BCUT2D eigenvalue weighted by Gasteiger charge is -2.23. The highest BCUT2D eigenvalue weighted by Crippen LogP contribution is 2.13. The molecule has 0 aromatic heterocycles. The average molecular weight is 218 g/mol. The number of hydrogen-bond acceptors (Lipinski definition) is 1. The van der Waals surface area contributed by atoms with E-state index < -0.39 is 9.04 Å². The molecule has 1 atom stereocenters. The van der Waals surface area contributed by atoms with Crippen molar-refractivity contribution < 1.29 is 4.43 Å². The van der Waals surface area contributed by atoms with Crippen LogP contribution in [0.5, 0.6) is 0 Å². The van der Waals surface area contributed by atoms with Gasteiger partial charge in [0.15, 0.2) is 0 Å². The molecule has 80 valence electrons. The minimum absolute atomic E-state index is 0.972. The van der Waals surface area contributed by atoms with Gasteiger partial charge >= 0.3 is 0 Å². The molecule has 0 bridgehead atoms. The van der Waals surface area contributed by atoms with Gasteiger partial charge in [0.2, 0.25) is 9.04 Å². The van der Waals surface area contributed by atoms with Gasteiger partial charge in [0.25, 0.3) is 0 Å². The highest BCUT2D eigenvalue weighted by molar-refractivity contribution is 6.68. The monoisotopic (exact) mass is 218 g/mol. The number of hydrogen-bond donors (Lipinski definition) is 0. The third kappa shape index (κ3) is 2.58. The molecule has 1 aromatic carbocycles. The van der Waals surface area contributed by atoms with Crippen molar-refractivity contribution in [1.29, 1.82) is 0 Å². The Hall–Kier alpha value is -0.863. The molecule has 1 heterocycles. The largest absolute Gasteiger partial charge is 0.415 e. The van der Waals surface area contributed by atoms with E-state index in [-0.39, 0.29) is 0 Å².